The fourth-order valence-corrected chi connectivity index (χ4v) is 7.26. The fourth-order valence-electron chi connectivity index (χ4n) is 6.15. The molecular formula is C30H34ClN3O3S. The number of rotatable bonds is 5. The molecular weight excluding hydrogens is 518 g/mol. The second kappa shape index (κ2) is 10.9. The molecule has 6 nitrogen and oxygen atoms in total. The average molecular weight is 552 g/mol. The monoisotopic (exact) mass is 551 g/mol. The van der Waals surface area contributed by atoms with Crippen LogP contribution in [0, 0.1) is 0 Å². The lowest BCUT2D eigenvalue weighted by Gasteiger charge is -2.47. The van der Waals surface area contributed by atoms with Gasteiger partial charge in [-0.15, -0.1) is 11.3 Å². The van der Waals surface area contributed by atoms with Gasteiger partial charge in [0.25, 0.3) is 5.91 Å². The van der Waals surface area contributed by atoms with Gasteiger partial charge in [0.15, 0.2) is 11.5 Å². The largest absolute Gasteiger partial charge is 0.454 e. The van der Waals surface area contributed by atoms with E-state index >= 15 is 0 Å². The van der Waals surface area contributed by atoms with Crippen molar-refractivity contribution in [2.45, 2.75) is 44.8 Å². The molecule has 2 fully saturated rings. The van der Waals surface area contributed by atoms with E-state index in [1.165, 1.54) is 22.5 Å². The number of piperazine rings is 1. The number of thiophene rings is 1. The number of carbonyl (C=O) groups is 1. The van der Waals surface area contributed by atoms with Crippen LogP contribution in [0.25, 0.3) is 11.1 Å². The van der Waals surface area contributed by atoms with E-state index in [2.05, 4.69) is 60.0 Å². The zero-order chi connectivity index (χ0) is 26.2. The number of likely N-dealkylation sites (tertiary alicyclic amines) is 1. The first-order chi connectivity index (χ1) is 18.5. The first-order valence-corrected chi connectivity index (χ1v) is 14.8. The summed E-state index contributed by atoms with van der Waals surface area (Å²) in [5, 5.41) is 2.46. The lowest BCUT2D eigenvalue weighted by atomic mass is 9.97. The molecule has 8 heteroatoms. The summed E-state index contributed by atoms with van der Waals surface area (Å²) in [5.41, 5.74) is 3.67. The molecule has 6 rings (SSSR count). The van der Waals surface area contributed by atoms with Crippen molar-refractivity contribution < 1.29 is 14.3 Å². The Hall–Kier alpha value is -2.58. The van der Waals surface area contributed by atoms with E-state index in [1.807, 2.05) is 22.4 Å². The third-order valence-corrected chi connectivity index (χ3v) is 9.72. The van der Waals surface area contributed by atoms with Crippen LogP contribution in [-0.4, -0.2) is 72.2 Å². The van der Waals surface area contributed by atoms with Crippen LogP contribution in [0.4, 0.5) is 0 Å². The highest BCUT2D eigenvalue weighted by Gasteiger charge is 2.34. The van der Waals surface area contributed by atoms with E-state index in [1.54, 1.807) is 0 Å². The number of ether oxygens (including phenoxy) is 2. The Morgan fingerprint density at radius 3 is 2.42 bits per heavy atom. The first-order valence-electron chi connectivity index (χ1n) is 13.5. The summed E-state index contributed by atoms with van der Waals surface area (Å²) in [5.74, 6) is 1.71. The van der Waals surface area contributed by atoms with Gasteiger partial charge >= 0.3 is 0 Å². The molecule has 0 N–H and O–H groups in total. The van der Waals surface area contributed by atoms with Gasteiger partial charge in [0.05, 0.1) is 5.02 Å². The maximum Gasteiger partial charge on any atom is 0.265 e. The van der Waals surface area contributed by atoms with E-state index in [-0.39, 0.29) is 5.91 Å². The summed E-state index contributed by atoms with van der Waals surface area (Å²) in [6.07, 6.45) is 2.05. The molecule has 0 saturated carbocycles. The third kappa shape index (κ3) is 5.05. The van der Waals surface area contributed by atoms with Gasteiger partial charge in [-0.1, -0.05) is 41.9 Å². The second-order valence-corrected chi connectivity index (χ2v) is 11.9. The van der Waals surface area contributed by atoms with Crippen molar-refractivity contribution in [3.05, 3.63) is 69.4 Å². The number of benzene rings is 2. The molecule has 2 aromatic carbocycles. The number of amides is 1. The van der Waals surface area contributed by atoms with Crippen molar-refractivity contribution >= 4 is 28.8 Å². The molecule has 0 aliphatic carbocycles. The fraction of sp³-hybridized carbons (Fsp3) is 0.433. The maximum absolute atomic E-state index is 12.8. The molecule has 1 aromatic heterocycles. The second-order valence-electron chi connectivity index (χ2n) is 10.6. The van der Waals surface area contributed by atoms with Crippen LogP contribution >= 0.6 is 22.9 Å². The number of hydrogen-bond donors (Lipinski definition) is 0. The Kier molecular flexibility index (Phi) is 7.36. The van der Waals surface area contributed by atoms with E-state index in [4.69, 9.17) is 21.1 Å². The Balaban J connectivity index is 1.03. The Labute approximate surface area is 233 Å². The van der Waals surface area contributed by atoms with Crippen molar-refractivity contribution in [2.24, 2.45) is 0 Å². The molecule has 3 aliphatic heterocycles. The Bertz CT molecular complexity index is 1290. The minimum atomic E-state index is 0.0833. The van der Waals surface area contributed by atoms with Crippen LogP contribution in [0.2, 0.25) is 5.02 Å². The zero-order valence-electron chi connectivity index (χ0n) is 21.9. The molecule has 2 saturated heterocycles. The predicted molar refractivity (Wildman–Crippen MR) is 152 cm³/mol. The standard InChI is InChI=1S/C30H34ClN3O3S/c1-20-18-33(25-9-12-32(13-10-25)30(35)29-26(31)11-16-38-29)14-15-34(20)21(2)22-3-5-23(6-4-22)24-7-8-27-28(17-24)37-19-36-27/h3-8,11,16-17,20-21,25H,9-10,12-15,18-19H2,1-2H3/t20-,21+/m1/s1. The van der Waals surface area contributed by atoms with Crippen molar-refractivity contribution in [3.8, 4) is 22.6 Å². The SMILES string of the molecule is C[C@@H]1CN(C2CCN(C(=O)c3sccc3Cl)CC2)CCN1[C@@H](C)c1ccc(-c2ccc3c(c2)OCO3)cc1. The van der Waals surface area contributed by atoms with Crippen molar-refractivity contribution in [1.82, 2.24) is 14.7 Å². The summed E-state index contributed by atoms with van der Waals surface area (Å²) < 4.78 is 11.0. The molecule has 2 atom stereocenters. The van der Waals surface area contributed by atoms with Crippen molar-refractivity contribution in [2.75, 3.05) is 39.5 Å². The van der Waals surface area contributed by atoms with Gasteiger partial charge in [-0.25, -0.2) is 0 Å². The summed E-state index contributed by atoms with van der Waals surface area (Å²) in [6.45, 7) is 9.76. The maximum atomic E-state index is 12.8. The normalized spacial score (nSPS) is 21.6. The van der Waals surface area contributed by atoms with Crippen LogP contribution in [-0.2, 0) is 0 Å². The number of fused-ring (bicyclic) bond motifs is 1. The van der Waals surface area contributed by atoms with Gasteiger partial charge in [0, 0.05) is 50.8 Å². The van der Waals surface area contributed by atoms with Crippen molar-refractivity contribution in [1.29, 1.82) is 0 Å². The molecule has 0 radical (unpaired) electrons. The summed E-state index contributed by atoms with van der Waals surface area (Å²) >= 11 is 7.64. The molecule has 38 heavy (non-hydrogen) atoms. The molecule has 0 bridgehead atoms. The Morgan fingerprint density at radius 2 is 1.71 bits per heavy atom. The van der Waals surface area contributed by atoms with Crippen LogP contribution in [0.5, 0.6) is 11.5 Å². The van der Waals surface area contributed by atoms with Crippen LogP contribution in [0.1, 0.15) is 48.0 Å². The van der Waals surface area contributed by atoms with Gasteiger partial charge in [0.1, 0.15) is 4.88 Å². The van der Waals surface area contributed by atoms with E-state index < -0.39 is 0 Å². The molecule has 0 unspecified atom stereocenters. The van der Waals surface area contributed by atoms with Gasteiger partial charge < -0.3 is 14.4 Å². The smallest absolute Gasteiger partial charge is 0.265 e. The van der Waals surface area contributed by atoms with Gasteiger partial charge in [-0.3, -0.25) is 14.6 Å². The lowest BCUT2D eigenvalue weighted by molar-refractivity contribution is 0.0136. The average Bonchev–Trinajstić information content (AvgIpc) is 3.61. The lowest BCUT2D eigenvalue weighted by Crippen LogP contribution is -2.57. The van der Waals surface area contributed by atoms with E-state index in [9.17, 15) is 4.79 Å². The van der Waals surface area contributed by atoms with Crippen LogP contribution in [0.3, 0.4) is 0 Å². The third-order valence-electron chi connectivity index (χ3n) is 8.39. The number of piperidine rings is 1. The van der Waals surface area contributed by atoms with Crippen LogP contribution < -0.4 is 9.47 Å². The minimum Gasteiger partial charge on any atom is -0.454 e. The Morgan fingerprint density at radius 1 is 0.974 bits per heavy atom. The topological polar surface area (TPSA) is 45.2 Å². The molecule has 3 aromatic rings. The predicted octanol–water partition coefficient (Wildman–Crippen LogP) is 6.17. The highest BCUT2D eigenvalue weighted by Crippen LogP contribution is 2.36. The van der Waals surface area contributed by atoms with Gasteiger partial charge in [-0.05, 0) is 67.0 Å². The summed E-state index contributed by atoms with van der Waals surface area (Å²) in [7, 11) is 0. The first kappa shape index (κ1) is 25.7. The zero-order valence-corrected chi connectivity index (χ0v) is 23.5. The molecule has 1 amide bonds. The molecule has 3 aliphatic rings. The summed E-state index contributed by atoms with van der Waals surface area (Å²) in [6, 6.07) is 18.2. The van der Waals surface area contributed by atoms with Crippen LogP contribution in [0.15, 0.2) is 53.9 Å². The van der Waals surface area contributed by atoms with Gasteiger partial charge in [0.2, 0.25) is 6.79 Å². The number of hydrogen-bond acceptors (Lipinski definition) is 6. The number of halogens is 1. The summed E-state index contributed by atoms with van der Waals surface area (Å²) in [4.78, 5) is 20.8. The number of carbonyl (C=O) groups excluding carboxylic acids is 1. The van der Waals surface area contributed by atoms with E-state index in [0.717, 1.165) is 62.6 Å². The van der Waals surface area contributed by atoms with E-state index in [0.29, 0.717) is 34.8 Å². The highest BCUT2D eigenvalue weighted by molar-refractivity contribution is 7.12. The number of nitrogens with zero attached hydrogens (tertiary/aromatic N) is 3. The molecule has 200 valence electrons. The van der Waals surface area contributed by atoms with Gasteiger partial charge in [-0.2, -0.15) is 0 Å². The highest BCUT2D eigenvalue weighted by atomic mass is 35.5. The molecule has 0 spiro atoms. The van der Waals surface area contributed by atoms with Crippen molar-refractivity contribution in [3.63, 3.8) is 0 Å². The quantitative estimate of drug-likeness (QED) is 0.379. The minimum absolute atomic E-state index is 0.0833. The molecule has 4 heterocycles.